The first kappa shape index (κ1) is 19.9. The summed E-state index contributed by atoms with van der Waals surface area (Å²) in [5.41, 5.74) is 3.82. The highest BCUT2D eigenvalue weighted by Crippen LogP contribution is 2.27. The molecule has 1 amide bonds. The maximum atomic E-state index is 13.1. The van der Waals surface area contributed by atoms with Crippen LogP contribution >= 0.6 is 11.3 Å². The number of thiazole rings is 1. The Morgan fingerprint density at radius 3 is 2.10 bits per heavy atom. The predicted molar refractivity (Wildman–Crippen MR) is 121 cm³/mol. The summed E-state index contributed by atoms with van der Waals surface area (Å²) in [5.74, 6) is 0.425. The highest BCUT2D eigenvalue weighted by atomic mass is 32.1. The largest absolute Gasteiger partial charge is 0.497 e. The first-order chi connectivity index (χ1) is 14.7. The van der Waals surface area contributed by atoms with Gasteiger partial charge in [0.15, 0.2) is 0 Å². The van der Waals surface area contributed by atoms with Crippen molar-refractivity contribution in [2.24, 2.45) is 0 Å². The normalized spacial score (nSPS) is 10.7. The van der Waals surface area contributed by atoms with Crippen molar-refractivity contribution in [2.75, 3.05) is 7.11 Å². The lowest BCUT2D eigenvalue weighted by atomic mass is 9.90. The van der Waals surface area contributed by atoms with E-state index in [1.54, 1.807) is 18.4 Å². The van der Waals surface area contributed by atoms with Crippen LogP contribution in [0.25, 0.3) is 10.6 Å². The van der Waals surface area contributed by atoms with Gasteiger partial charge in [0.2, 0.25) is 5.91 Å². The third kappa shape index (κ3) is 4.58. The number of nitrogens with one attached hydrogen (secondary N) is 1. The van der Waals surface area contributed by atoms with Gasteiger partial charge in [0.05, 0.1) is 25.3 Å². The van der Waals surface area contributed by atoms with Gasteiger partial charge in [-0.15, -0.1) is 11.3 Å². The van der Waals surface area contributed by atoms with Crippen LogP contribution in [0.4, 0.5) is 0 Å². The van der Waals surface area contributed by atoms with Crippen molar-refractivity contribution in [1.82, 2.24) is 10.3 Å². The molecule has 3 aromatic carbocycles. The summed E-state index contributed by atoms with van der Waals surface area (Å²) in [7, 11) is 1.65. The van der Waals surface area contributed by atoms with Crippen LogP contribution in [0.2, 0.25) is 0 Å². The molecule has 0 bridgehead atoms. The van der Waals surface area contributed by atoms with Crippen LogP contribution in [0.3, 0.4) is 0 Å². The Labute approximate surface area is 180 Å². The van der Waals surface area contributed by atoms with Gasteiger partial charge in [-0.1, -0.05) is 60.7 Å². The van der Waals surface area contributed by atoms with E-state index in [1.807, 2.05) is 90.3 Å². The number of nitrogens with zero attached hydrogens (tertiary/aromatic N) is 1. The molecule has 1 N–H and O–H groups in total. The average Bonchev–Trinajstić information content (AvgIpc) is 3.28. The first-order valence-electron chi connectivity index (χ1n) is 9.71. The molecule has 0 fully saturated rings. The SMILES string of the molecule is COc1ccc(-c2nc(CNC(=O)C(c3ccccc3)c3ccccc3)cs2)cc1. The fourth-order valence-corrected chi connectivity index (χ4v) is 4.15. The van der Waals surface area contributed by atoms with E-state index in [9.17, 15) is 4.79 Å². The molecule has 0 spiro atoms. The number of hydrogen-bond acceptors (Lipinski definition) is 4. The molecule has 30 heavy (non-hydrogen) atoms. The fraction of sp³-hybridized carbons (Fsp3) is 0.120. The number of benzene rings is 3. The second-order valence-electron chi connectivity index (χ2n) is 6.84. The van der Waals surface area contributed by atoms with E-state index in [-0.39, 0.29) is 11.8 Å². The third-order valence-corrected chi connectivity index (χ3v) is 5.80. The van der Waals surface area contributed by atoms with Crippen molar-refractivity contribution in [3.8, 4) is 16.3 Å². The van der Waals surface area contributed by atoms with Gasteiger partial charge >= 0.3 is 0 Å². The Morgan fingerprint density at radius 2 is 1.53 bits per heavy atom. The zero-order valence-electron chi connectivity index (χ0n) is 16.6. The molecule has 4 aromatic rings. The summed E-state index contributed by atoms with van der Waals surface area (Å²) < 4.78 is 5.21. The minimum absolute atomic E-state index is 0.0357. The fourth-order valence-electron chi connectivity index (χ4n) is 3.32. The molecular weight excluding hydrogens is 392 g/mol. The lowest BCUT2D eigenvalue weighted by molar-refractivity contribution is -0.121. The third-order valence-electron chi connectivity index (χ3n) is 4.86. The molecule has 4 rings (SSSR count). The van der Waals surface area contributed by atoms with Crippen molar-refractivity contribution >= 4 is 17.2 Å². The molecule has 0 saturated carbocycles. The highest BCUT2D eigenvalue weighted by molar-refractivity contribution is 7.13. The first-order valence-corrected chi connectivity index (χ1v) is 10.6. The van der Waals surface area contributed by atoms with E-state index in [4.69, 9.17) is 4.74 Å². The molecule has 150 valence electrons. The lowest BCUT2D eigenvalue weighted by Gasteiger charge is -2.17. The van der Waals surface area contributed by atoms with E-state index >= 15 is 0 Å². The summed E-state index contributed by atoms with van der Waals surface area (Å²) in [6, 6.07) is 27.5. The summed E-state index contributed by atoms with van der Waals surface area (Å²) >= 11 is 1.57. The van der Waals surface area contributed by atoms with Gasteiger partial charge in [-0.25, -0.2) is 4.98 Å². The second kappa shape index (κ2) is 9.37. The van der Waals surface area contributed by atoms with Gasteiger partial charge in [0, 0.05) is 10.9 Å². The Kier molecular flexibility index (Phi) is 6.20. The molecule has 1 heterocycles. The van der Waals surface area contributed by atoms with Gasteiger partial charge < -0.3 is 10.1 Å². The van der Waals surface area contributed by atoms with Gasteiger partial charge in [0.1, 0.15) is 10.8 Å². The molecule has 0 radical (unpaired) electrons. The summed E-state index contributed by atoms with van der Waals surface area (Å²) in [6.07, 6.45) is 0. The van der Waals surface area contributed by atoms with Crippen molar-refractivity contribution < 1.29 is 9.53 Å². The van der Waals surface area contributed by atoms with Crippen LogP contribution in [0.1, 0.15) is 22.7 Å². The van der Waals surface area contributed by atoms with Crippen LogP contribution in [0.5, 0.6) is 5.75 Å². The number of carbonyl (C=O) groups is 1. The zero-order valence-corrected chi connectivity index (χ0v) is 17.4. The van der Waals surface area contributed by atoms with Gasteiger partial charge in [-0.05, 0) is 35.4 Å². The number of rotatable bonds is 7. The number of aromatic nitrogens is 1. The second-order valence-corrected chi connectivity index (χ2v) is 7.70. The number of carbonyl (C=O) groups excluding carboxylic acids is 1. The molecule has 0 aliphatic carbocycles. The molecule has 1 aromatic heterocycles. The van der Waals surface area contributed by atoms with E-state index in [0.717, 1.165) is 33.1 Å². The van der Waals surface area contributed by atoms with E-state index < -0.39 is 0 Å². The standard InChI is InChI=1S/C25H22N2O2S/c1-29-22-14-12-20(13-15-22)25-27-21(17-30-25)16-26-24(28)23(18-8-4-2-5-9-18)19-10-6-3-7-11-19/h2-15,17,23H,16H2,1H3,(H,26,28). The molecule has 4 nitrogen and oxygen atoms in total. The topological polar surface area (TPSA) is 51.2 Å². The van der Waals surface area contributed by atoms with Gasteiger partial charge in [-0.3, -0.25) is 4.79 Å². The Hall–Kier alpha value is -3.44. The minimum atomic E-state index is -0.355. The minimum Gasteiger partial charge on any atom is -0.497 e. The van der Waals surface area contributed by atoms with Gasteiger partial charge in [-0.2, -0.15) is 0 Å². The number of hydrogen-bond donors (Lipinski definition) is 1. The number of methoxy groups -OCH3 is 1. The number of ether oxygens (including phenoxy) is 1. The van der Waals surface area contributed by atoms with Gasteiger partial charge in [0.25, 0.3) is 0 Å². The molecule has 0 atom stereocenters. The summed E-state index contributed by atoms with van der Waals surface area (Å²) in [5, 5.41) is 5.97. The van der Waals surface area contributed by atoms with Crippen LogP contribution in [-0.2, 0) is 11.3 Å². The lowest BCUT2D eigenvalue weighted by Crippen LogP contribution is -2.29. The van der Waals surface area contributed by atoms with E-state index in [1.165, 1.54) is 0 Å². The van der Waals surface area contributed by atoms with Crippen LogP contribution in [0.15, 0.2) is 90.3 Å². The van der Waals surface area contributed by atoms with E-state index in [0.29, 0.717) is 6.54 Å². The zero-order chi connectivity index (χ0) is 20.8. The summed E-state index contributed by atoms with van der Waals surface area (Å²) in [6.45, 7) is 0.391. The van der Waals surface area contributed by atoms with Crippen LogP contribution in [-0.4, -0.2) is 18.0 Å². The molecule has 0 aliphatic heterocycles. The van der Waals surface area contributed by atoms with Crippen LogP contribution < -0.4 is 10.1 Å². The van der Waals surface area contributed by atoms with Crippen molar-refractivity contribution in [2.45, 2.75) is 12.5 Å². The Balaban J connectivity index is 1.48. The van der Waals surface area contributed by atoms with E-state index in [2.05, 4.69) is 10.3 Å². The molecule has 0 aliphatic rings. The van der Waals surface area contributed by atoms with Crippen molar-refractivity contribution in [3.05, 3.63) is 107 Å². The monoisotopic (exact) mass is 414 g/mol. The quantitative estimate of drug-likeness (QED) is 0.448. The van der Waals surface area contributed by atoms with Crippen molar-refractivity contribution in [3.63, 3.8) is 0 Å². The number of amides is 1. The highest BCUT2D eigenvalue weighted by Gasteiger charge is 2.22. The van der Waals surface area contributed by atoms with Crippen molar-refractivity contribution in [1.29, 1.82) is 0 Å². The maximum absolute atomic E-state index is 13.1. The Bertz CT molecular complexity index is 1050. The predicted octanol–water partition coefficient (Wildman–Crippen LogP) is 5.27. The van der Waals surface area contributed by atoms with Crippen LogP contribution in [0, 0.1) is 0 Å². The molecule has 5 heteroatoms. The average molecular weight is 415 g/mol. The Morgan fingerprint density at radius 1 is 0.933 bits per heavy atom. The summed E-state index contributed by atoms with van der Waals surface area (Å²) in [4.78, 5) is 17.8. The molecule has 0 unspecified atom stereocenters. The molecule has 0 saturated heterocycles. The smallest absolute Gasteiger partial charge is 0.232 e. The molecular formula is C25H22N2O2S. The maximum Gasteiger partial charge on any atom is 0.232 e.